The van der Waals surface area contributed by atoms with Gasteiger partial charge in [0, 0.05) is 12.2 Å². The summed E-state index contributed by atoms with van der Waals surface area (Å²) < 4.78 is 0. The SMILES string of the molecule is CCCCCCCC(=O)N[C@H](CS)C(=O)O. The number of hydrogen-bond donors (Lipinski definition) is 3. The molecule has 0 aliphatic rings. The van der Waals surface area contributed by atoms with Gasteiger partial charge in [0.1, 0.15) is 6.04 Å². The number of hydrogen-bond acceptors (Lipinski definition) is 3. The lowest BCUT2D eigenvalue weighted by Gasteiger charge is -2.11. The number of carboxylic acids is 1. The highest BCUT2D eigenvalue weighted by molar-refractivity contribution is 7.80. The van der Waals surface area contributed by atoms with Gasteiger partial charge in [0.05, 0.1) is 0 Å². The fraction of sp³-hybridized carbons (Fsp3) is 0.818. The molecule has 0 aromatic rings. The van der Waals surface area contributed by atoms with Crippen molar-refractivity contribution >= 4 is 24.5 Å². The normalized spacial score (nSPS) is 12.1. The molecule has 16 heavy (non-hydrogen) atoms. The van der Waals surface area contributed by atoms with E-state index < -0.39 is 12.0 Å². The highest BCUT2D eigenvalue weighted by Gasteiger charge is 2.17. The van der Waals surface area contributed by atoms with Crippen molar-refractivity contribution in [3.63, 3.8) is 0 Å². The zero-order chi connectivity index (χ0) is 12.4. The summed E-state index contributed by atoms with van der Waals surface area (Å²) in [5, 5.41) is 11.1. The van der Waals surface area contributed by atoms with Crippen LogP contribution < -0.4 is 5.32 Å². The number of thiol groups is 1. The first-order chi connectivity index (χ1) is 7.61. The third kappa shape index (κ3) is 7.56. The maximum Gasteiger partial charge on any atom is 0.327 e. The summed E-state index contributed by atoms with van der Waals surface area (Å²) >= 11 is 3.87. The van der Waals surface area contributed by atoms with Crippen LogP contribution in [0.25, 0.3) is 0 Å². The topological polar surface area (TPSA) is 66.4 Å². The molecule has 0 spiro atoms. The van der Waals surface area contributed by atoms with E-state index >= 15 is 0 Å². The molecule has 0 aromatic carbocycles. The Morgan fingerprint density at radius 2 is 1.88 bits per heavy atom. The van der Waals surface area contributed by atoms with Gasteiger partial charge in [-0.2, -0.15) is 12.6 Å². The Morgan fingerprint density at radius 3 is 2.38 bits per heavy atom. The Bertz CT molecular complexity index is 221. The highest BCUT2D eigenvalue weighted by atomic mass is 32.1. The Morgan fingerprint density at radius 1 is 1.25 bits per heavy atom. The van der Waals surface area contributed by atoms with Gasteiger partial charge in [-0.3, -0.25) is 4.79 Å². The molecule has 2 N–H and O–H groups in total. The van der Waals surface area contributed by atoms with E-state index in [4.69, 9.17) is 5.11 Å². The van der Waals surface area contributed by atoms with E-state index in [1.165, 1.54) is 12.8 Å². The standard InChI is InChI=1S/C11H21NO3S/c1-2-3-4-5-6-7-10(13)12-9(8-16)11(14)15/h9,16H,2-8H2,1H3,(H,12,13)(H,14,15)/t9-/m1/s1. The van der Waals surface area contributed by atoms with Crippen molar-refractivity contribution in [2.24, 2.45) is 0 Å². The highest BCUT2D eigenvalue weighted by Crippen LogP contribution is 2.05. The maximum absolute atomic E-state index is 11.3. The lowest BCUT2D eigenvalue weighted by molar-refractivity contribution is -0.141. The van der Waals surface area contributed by atoms with Crippen LogP contribution in [0.2, 0.25) is 0 Å². The molecule has 0 unspecified atom stereocenters. The summed E-state index contributed by atoms with van der Waals surface area (Å²) in [6.45, 7) is 2.14. The van der Waals surface area contributed by atoms with Gasteiger partial charge in [-0.1, -0.05) is 32.6 Å². The van der Waals surface area contributed by atoms with Gasteiger partial charge < -0.3 is 10.4 Å². The number of carbonyl (C=O) groups is 2. The van der Waals surface area contributed by atoms with Gasteiger partial charge in [0.25, 0.3) is 0 Å². The van der Waals surface area contributed by atoms with Crippen molar-refractivity contribution in [2.75, 3.05) is 5.75 Å². The first kappa shape index (κ1) is 15.3. The molecule has 1 atom stereocenters. The smallest absolute Gasteiger partial charge is 0.327 e. The molecular weight excluding hydrogens is 226 g/mol. The number of aliphatic carboxylic acids is 1. The van der Waals surface area contributed by atoms with Crippen LogP contribution in [0, 0.1) is 0 Å². The zero-order valence-corrected chi connectivity index (χ0v) is 10.6. The van der Waals surface area contributed by atoms with Gasteiger partial charge >= 0.3 is 5.97 Å². The predicted molar refractivity (Wildman–Crippen MR) is 66.8 cm³/mol. The third-order valence-corrected chi connectivity index (χ3v) is 2.69. The zero-order valence-electron chi connectivity index (χ0n) is 9.74. The van der Waals surface area contributed by atoms with E-state index in [1.807, 2.05) is 0 Å². The summed E-state index contributed by atoms with van der Waals surface area (Å²) in [5.74, 6) is -1.11. The second-order valence-electron chi connectivity index (χ2n) is 3.81. The predicted octanol–water partition coefficient (Wildman–Crippen LogP) is 1.85. The number of rotatable bonds is 9. The lowest BCUT2D eigenvalue weighted by atomic mass is 10.1. The van der Waals surface area contributed by atoms with E-state index in [1.54, 1.807) is 0 Å². The fourth-order valence-corrected chi connectivity index (χ4v) is 1.59. The van der Waals surface area contributed by atoms with Crippen LogP contribution >= 0.6 is 12.6 Å². The molecule has 0 aliphatic heterocycles. The van der Waals surface area contributed by atoms with Crippen molar-refractivity contribution in [3.05, 3.63) is 0 Å². The minimum absolute atomic E-state index is 0.122. The largest absolute Gasteiger partial charge is 0.480 e. The molecule has 0 aliphatic carbocycles. The van der Waals surface area contributed by atoms with Crippen molar-refractivity contribution in [3.8, 4) is 0 Å². The van der Waals surface area contributed by atoms with E-state index in [9.17, 15) is 9.59 Å². The minimum atomic E-state index is -1.03. The summed E-state index contributed by atoms with van der Waals surface area (Å²) in [7, 11) is 0. The van der Waals surface area contributed by atoms with Gasteiger partial charge in [-0.05, 0) is 6.42 Å². The van der Waals surface area contributed by atoms with E-state index in [0.29, 0.717) is 6.42 Å². The molecule has 0 bridgehead atoms. The van der Waals surface area contributed by atoms with Crippen LogP contribution in [0.4, 0.5) is 0 Å². The van der Waals surface area contributed by atoms with Gasteiger partial charge in [0.2, 0.25) is 5.91 Å². The molecule has 0 rings (SSSR count). The number of carboxylic acid groups (broad SMARTS) is 1. The molecule has 1 amide bonds. The van der Waals surface area contributed by atoms with Gasteiger partial charge in [-0.25, -0.2) is 4.79 Å². The number of unbranched alkanes of at least 4 members (excludes halogenated alkanes) is 4. The molecule has 5 heteroatoms. The van der Waals surface area contributed by atoms with Crippen molar-refractivity contribution in [1.29, 1.82) is 0 Å². The van der Waals surface area contributed by atoms with E-state index in [0.717, 1.165) is 19.3 Å². The minimum Gasteiger partial charge on any atom is -0.480 e. The average Bonchev–Trinajstić information content (AvgIpc) is 2.25. The summed E-state index contributed by atoms with van der Waals surface area (Å²) in [5.41, 5.74) is 0. The van der Waals surface area contributed by atoms with Crippen LogP contribution in [-0.2, 0) is 9.59 Å². The molecule has 0 heterocycles. The maximum atomic E-state index is 11.3. The van der Waals surface area contributed by atoms with Crippen LogP contribution in [0.1, 0.15) is 45.4 Å². The summed E-state index contributed by atoms with van der Waals surface area (Å²) in [6.07, 6.45) is 5.76. The molecule has 0 fully saturated rings. The molecule has 4 nitrogen and oxygen atoms in total. The Balaban J connectivity index is 3.61. The number of nitrogens with one attached hydrogen (secondary N) is 1. The van der Waals surface area contributed by atoms with Gasteiger partial charge in [0.15, 0.2) is 0 Å². The summed E-state index contributed by atoms with van der Waals surface area (Å²) in [4.78, 5) is 22.0. The monoisotopic (exact) mass is 247 g/mol. The average molecular weight is 247 g/mol. The first-order valence-electron chi connectivity index (χ1n) is 5.74. The second kappa shape index (κ2) is 9.51. The van der Waals surface area contributed by atoms with Crippen LogP contribution in [0.15, 0.2) is 0 Å². The Hall–Kier alpha value is -0.710. The molecule has 0 saturated carbocycles. The molecule has 0 radical (unpaired) electrons. The fourth-order valence-electron chi connectivity index (χ4n) is 1.34. The van der Waals surface area contributed by atoms with Crippen molar-refractivity contribution in [1.82, 2.24) is 5.32 Å². The van der Waals surface area contributed by atoms with Crippen LogP contribution in [0.5, 0.6) is 0 Å². The molecule has 0 aromatic heterocycles. The third-order valence-electron chi connectivity index (χ3n) is 2.32. The quantitative estimate of drug-likeness (QED) is 0.430. The van der Waals surface area contributed by atoms with E-state index in [2.05, 4.69) is 24.9 Å². The van der Waals surface area contributed by atoms with Gasteiger partial charge in [-0.15, -0.1) is 0 Å². The van der Waals surface area contributed by atoms with Crippen LogP contribution in [-0.4, -0.2) is 28.8 Å². The lowest BCUT2D eigenvalue weighted by Crippen LogP contribution is -2.42. The Kier molecular flexibility index (Phi) is 9.09. The molecule has 0 saturated heterocycles. The molecular formula is C11H21NO3S. The number of amides is 1. The number of carbonyl (C=O) groups excluding carboxylic acids is 1. The first-order valence-corrected chi connectivity index (χ1v) is 6.38. The summed E-state index contributed by atoms with van der Waals surface area (Å²) in [6, 6.07) is -0.869. The van der Waals surface area contributed by atoms with Crippen LogP contribution in [0.3, 0.4) is 0 Å². The van der Waals surface area contributed by atoms with E-state index in [-0.39, 0.29) is 11.7 Å². The van der Waals surface area contributed by atoms with Crippen molar-refractivity contribution < 1.29 is 14.7 Å². The molecule has 94 valence electrons. The Labute approximate surface area is 102 Å². The second-order valence-corrected chi connectivity index (χ2v) is 4.17. The van der Waals surface area contributed by atoms with Crippen molar-refractivity contribution in [2.45, 2.75) is 51.5 Å².